The molecule has 5 unspecified atom stereocenters. The molecule has 5 atom stereocenters. The number of Topliss-reactive ketones (excluding diaryl/α,β-unsaturated/α-hetero) is 2. The lowest BCUT2D eigenvalue weighted by atomic mass is 9.69. The molecule has 3 aromatic carbocycles. The van der Waals surface area contributed by atoms with Crippen LogP contribution in [0.25, 0.3) is 10.8 Å². The molecule has 2 amide bonds. The highest BCUT2D eigenvalue weighted by molar-refractivity contribution is 6.35. The second-order valence-electron chi connectivity index (χ2n) is 13.8. The molecule has 0 aromatic heterocycles. The number of methoxy groups -OCH3 is 1. The van der Waals surface area contributed by atoms with Gasteiger partial charge in [0.2, 0.25) is 11.7 Å². The molecule has 284 valence electrons. The highest BCUT2D eigenvalue weighted by atomic mass is 16.5. The van der Waals surface area contributed by atoms with E-state index in [9.17, 15) is 43.8 Å². The molecule has 1 fully saturated rings. The molecule has 2 aliphatic carbocycles. The number of phenols is 2. The van der Waals surface area contributed by atoms with Crippen molar-refractivity contribution in [2.45, 2.75) is 46.2 Å². The molecule has 3 aromatic rings. The maximum absolute atomic E-state index is 15.0. The third-order valence-electron chi connectivity index (χ3n) is 10.9. The number of aromatic hydroxyl groups is 2. The van der Waals surface area contributed by atoms with Crippen LogP contribution in [0.5, 0.6) is 17.2 Å². The number of nitrogens with two attached hydrogens (primary N) is 1. The number of amides is 2. The van der Waals surface area contributed by atoms with E-state index in [0.29, 0.717) is 6.42 Å². The maximum atomic E-state index is 15.0. The van der Waals surface area contributed by atoms with Crippen LogP contribution < -0.4 is 15.8 Å². The Morgan fingerprint density at radius 2 is 1.71 bits per heavy atom. The number of ether oxygens (including phenoxy) is 3. The van der Waals surface area contributed by atoms with E-state index in [1.807, 2.05) is 13.8 Å². The minimum Gasteiger partial charge on any atom is -0.507 e. The fraction of sp³-hybridized carbons (Fsp3) is 0.325. The Hall–Kier alpha value is -6.51. The fourth-order valence-electron chi connectivity index (χ4n) is 7.79. The molecular formula is C40H37N3O12. The van der Waals surface area contributed by atoms with E-state index >= 15 is 0 Å². The number of nitrogens with zero attached hydrogens (tertiary/aromatic N) is 1. The van der Waals surface area contributed by atoms with Crippen LogP contribution in [0.1, 0.15) is 86.7 Å². The minimum absolute atomic E-state index is 0.0115. The van der Waals surface area contributed by atoms with Crippen LogP contribution in [0, 0.1) is 17.8 Å². The first kappa shape index (κ1) is 36.8. The zero-order valence-electron chi connectivity index (χ0n) is 30.5. The number of piperazine rings is 1. The number of ketones is 4. The van der Waals surface area contributed by atoms with Gasteiger partial charge in [0.25, 0.3) is 5.91 Å². The van der Waals surface area contributed by atoms with Gasteiger partial charge in [-0.25, -0.2) is 4.79 Å². The number of carbonyl (C=O) groups is 7. The molecule has 5 N–H and O–H groups in total. The summed E-state index contributed by atoms with van der Waals surface area (Å²) in [7, 11) is 1.23. The molecule has 0 bridgehead atoms. The maximum Gasteiger partial charge on any atom is 0.330 e. The molecular weight excluding hydrogens is 714 g/mol. The molecule has 1 saturated heterocycles. The van der Waals surface area contributed by atoms with E-state index in [1.54, 1.807) is 6.92 Å². The summed E-state index contributed by atoms with van der Waals surface area (Å²) in [6.07, 6.45) is 2.06. The van der Waals surface area contributed by atoms with Crippen LogP contribution >= 0.6 is 0 Å². The van der Waals surface area contributed by atoms with Crippen molar-refractivity contribution in [1.29, 1.82) is 0 Å². The standard InChI is InChI=1S/C40H37N3O12/c1-6-15(3)23-13-20-27(37(55-23)30(41)39(51)43-14-21(40(52)54-7-2)42-38(50)16(43)4)34(48)25-18(31(20)45)11-12-19-26(25)35(49)28-29(36(19)53-5)33(47)24-17(32(28)46)9-8-10-22(24)44/h8-13,15-16,20-21,27,44,49H,6-7,14,41H2,1-5H3,(H,42,50)/b37-30+. The summed E-state index contributed by atoms with van der Waals surface area (Å²) >= 11 is 0. The third-order valence-corrected chi connectivity index (χ3v) is 10.9. The van der Waals surface area contributed by atoms with E-state index in [2.05, 4.69) is 5.32 Å². The zero-order valence-corrected chi connectivity index (χ0v) is 30.5. The Bertz CT molecular complexity index is 2380. The molecule has 55 heavy (non-hydrogen) atoms. The topological polar surface area (TPSA) is 229 Å². The molecule has 0 spiro atoms. The summed E-state index contributed by atoms with van der Waals surface area (Å²) in [5.41, 5.74) is 4.27. The van der Waals surface area contributed by atoms with Gasteiger partial charge < -0.3 is 40.4 Å². The summed E-state index contributed by atoms with van der Waals surface area (Å²) in [6.45, 7) is 6.44. The van der Waals surface area contributed by atoms with E-state index in [4.69, 9.17) is 19.9 Å². The van der Waals surface area contributed by atoms with E-state index in [0.717, 1.165) is 4.90 Å². The summed E-state index contributed by atoms with van der Waals surface area (Å²) in [5, 5.41) is 24.7. The number of fused-ring (bicyclic) bond motifs is 6. The number of phenolic OH excluding ortho intramolecular Hbond substituents is 2. The molecule has 2 heterocycles. The van der Waals surface area contributed by atoms with Crippen molar-refractivity contribution in [3.05, 3.63) is 87.0 Å². The predicted octanol–water partition coefficient (Wildman–Crippen LogP) is 3.06. The Kier molecular flexibility index (Phi) is 8.98. The van der Waals surface area contributed by atoms with Gasteiger partial charge in [-0.3, -0.25) is 28.8 Å². The summed E-state index contributed by atoms with van der Waals surface area (Å²) in [5.74, 6) is -9.92. The molecule has 7 rings (SSSR count). The molecule has 0 saturated carbocycles. The molecule has 2 aliphatic heterocycles. The van der Waals surface area contributed by atoms with Crippen LogP contribution in [0.3, 0.4) is 0 Å². The SMILES string of the molecule is CCOC(=O)C1CN(C(=O)/C(N)=C2\OC(C(C)CC)=CC3C(=O)c4ccc5c(OC)c6c(c(O)c5c4C(=O)C23)C(=O)c2cccc(O)c2C6=O)C(C)C(=O)N1. The van der Waals surface area contributed by atoms with Gasteiger partial charge in [-0.2, -0.15) is 0 Å². The highest BCUT2D eigenvalue weighted by Crippen LogP contribution is 2.51. The van der Waals surface area contributed by atoms with Gasteiger partial charge in [-0.05, 0) is 44.5 Å². The Balaban J connectivity index is 1.43. The van der Waals surface area contributed by atoms with E-state index in [-0.39, 0.29) is 74.9 Å². The molecule has 15 nitrogen and oxygen atoms in total. The fourth-order valence-corrected chi connectivity index (χ4v) is 7.79. The summed E-state index contributed by atoms with van der Waals surface area (Å²) in [6, 6.07) is 4.37. The number of esters is 1. The van der Waals surface area contributed by atoms with Crippen LogP contribution in [-0.2, 0) is 23.9 Å². The predicted molar refractivity (Wildman–Crippen MR) is 192 cm³/mol. The number of carbonyl (C=O) groups excluding carboxylic acids is 7. The second-order valence-corrected chi connectivity index (χ2v) is 13.8. The van der Waals surface area contributed by atoms with Crippen molar-refractivity contribution in [3.63, 3.8) is 0 Å². The van der Waals surface area contributed by atoms with Crippen molar-refractivity contribution in [2.24, 2.45) is 23.5 Å². The van der Waals surface area contributed by atoms with Crippen LogP contribution in [0.4, 0.5) is 0 Å². The van der Waals surface area contributed by atoms with Crippen molar-refractivity contribution < 1.29 is 58.0 Å². The van der Waals surface area contributed by atoms with Gasteiger partial charge >= 0.3 is 5.97 Å². The van der Waals surface area contributed by atoms with Crippen molar-refractivity contribution in [1.82, 2.24) is 10.2 Å². The third kappa shape index (κ3) is 5.35. The van der Waals surface area contributed by atoms with Gasteiger partial charge in [-0.1, -0.05) is 26.0 Å². The minimum atomic E-state index is -1.55. The normalized spacial score (nSPS) is 23.0. The van der Waals surface area contributed by atoms with Gasteiger partial charge in [-0.15, -0.1) is 0 Å². The quantitative estimate of drug-likeness (QED) is 0.164. The average Bonchev–Trinajstić information content (AvgIpc) is 3.18. The van der Waals surface area contributed by atoms with Crippen molar-refractivity contribution >= 4 is 51.7 Å². The first-order chi connectivity index (χ1) is 26.2. The van der Waals surface area contributed by atoms with Gasteiger partial charge in [0.1, 0.15) is 46.5 Å². The van der Waals surface area contributed by atoms with Crippen LogP contribution in [0.2, 0.25) is 0 Å². The highest BCUT2D eigenvalue weighted by Gasteiger charge is 2.51. The Morgan fingerprint density at radius 1 is 0.982 bits per heavy atom. The number of allylic oxidation sites excluding steroid dienone is 3. The first-order valence-corrected chi connectivity index (χ1v) is 17.7. The van der Waals surface area contributed by atoms with E-state index < -0.39 is 87.6 Å². The lowest BCUT2D eigenvalue weighted by molar-refractivity contribution is -0.153. The van der Waals surface area contributed by atoms with Gasteiger partial charge in [0.05, 0.1) is 48.8 Å². The molecule has 15 heteroatoms. The Morgan fingerprint density at radius 3 is 2.38 bits per heavy atom. The average molecular weight is 752 g/mol. The monoisotopic (exact) mass is 751 g/mol. The number of rotatable bonds is 6. The van der Waals surface area contributed by atoms with Crippen LogP contribution in [-0.4, -0.2) is 88.4 Å². The number of hydrogen-bond donors (Lipinski definition) is 4. The molecule has 0 radical (unpaired) electrons. The smallest absolute Gasteiger partial charge is 0.330 e. The largest absolute Gasteiger partial charge is 0.507 e. The number of nitrogens with one attached hydrogen (secondary N) is 1. The zero-order chi connectivity index (χ0) is 39.8. The lowest BCUT2D eigenvalue weighted by Gasteiger charge is -2.39. The molecule has 4 aliphatic rings. The van der Waals surface area contributed by atoms with E-state index in [1.165, 1.54) is 50.4 Å². The number of benzene rings is 3. The second kappa shape index (κ2) is 13.4. The first-order valence-electron chi connectivity index (χ1n) is 17.7. The lowest BCUT2D eigenvalue weighted by Crippen LogP contribution is -2.63. The Labute approximate surface area is 313 Å². The summed E-state index contributed by atoms with van der Waals surface area (Å²) in [4.78, 5) is 98.0. The van der Waals surface area contributed by atoms with Crippen molar-refractivity contribution in [2.75, 3.05) is 20.3 Å². The number of hydrogen-bond acceptors (Lipinski definition) is 13. The van der Waals surface area contributed by atoms with Gasteiger partial charge in [0.15, 0.2) is 17.3 Å². The summed E-state index contributed by atoms with van der Waals surface area (Å²) < 4.78 is 16.9. The van der Waals surface area contributed by atoms with Crippen LogP contribution in [0.15, 0.2) is 53.6 Å². The van der Waals surface area contributed by atoms with Crippen molar-refractivity contribution in [3.8, 4) is 17.2 Å². The van der Waals surface area contributed by atoms with Gasteiger partial charge in [0, 0.05) is 33.4 Å².